The van der Waals surface area contributed by atoms with Gasteiger partial charge in [-0.15, -0.1) is 0 Å². The number of ether oxygens (including phenoxy) is 1. The summed E-state index contributed by atoms with van der Waals surface area (Å²) in [5.74, 6) is 0.824. The van der Waals surface area contributed by atoms with Gasteiger partial charge < -0.3 is 4.74 Å². The third-order valence-corrected chi connectivity index (χ3v) is 1.09. The second-order valence-electron chi connectivity index (χ2n) is 1.92. The Morgan fingerprint density at radius 3 is 2.73 bits per heavy atom. The minimum atomic E-state index is 0.809. The largest absolute Gasteiger partial charge is 0.497 e. The van der Waals surface area contributed by atoms with Crippen molar-refractivity contribution in [1.82, 2.24) is 0 Å². The van der Waals surface area contributed by atoms with E-state index in [2.05, 4.69) is 4.99 Å². The van der Waals surface area contributed by atoms with E-state index < -0.39 is 0 Å². The van der Waals surface area contributed by atoms with Crippen LogP contribution >= 0.6 is 0 Å². The summed E-state index contributed by atoms with van der Waals surface area (Å²) in [5.41, 5.74) is 0. The second kappa shape index (κ2) is 7.06. The molecule has 0 amide bonds. The van der Waals surface area contributed by atoms with Crippen molar-refractivity contribution in [2.24, 2.45) is 4.99 Å². The van der Waals surface area contributed by atoms with Crippen molar-refractivity contribution in [3.63, 3.8) is 0 Å². The van der Waals surface area contributed by atoms with E-state index in [1.807, 2.05) is 32.1 Å². The molecule has 0 aromatic carbocycles. The lowest BCUT2D eigenvalue weighted by Crippen LogP contribution is -1.82. The van der Waals surface area contributed by atoms with Gasteiger partial charge in [-0.1, -0.05) is 6.08 Å². The standard InChI is InChI=1S/C9H15NO/c1-4-6-9(11-3)7-8-10-5-2/h4,6-8H,5H2,1-3H3/b6-4-,9-7+,10-8?. The Hall–Kier alpha value is -1.05. The smallest absolute Gasteiger partial charge is 0.120 e. The zero-order chi connectivity index (χ0) is 8.53. The monoisotopic (exact) mass is 153 g/mol. The molecule has 0 atom stereocenters. The average Bonchev–Trinajstić information content (AvgIpc) is 2.03. The zero-order valence-electron chi connectivity index (χ0n) is 7.37. The number of nitrogens with zero attached hydrogens (tertiary/aromatic N) is 1. The molecule has 0 unspecified atom stereocenters. The van der Waals surface area contributed by atoms with E-state index in [-0.39, 0.29) is 0 Å². The quantitative estimate of drug-likeness (QED) is 0.344. The Balaban J connectivity index is 4.00. The summed E-state index contributed by atoms with van der Waals surface area (Å²) in [7, 11) is 1.64. The molecule has 0 heterocycles. The van der Waals surface area contributed by atoms with Gasteiger partial charge in [0.15, 0.2) is 0 Å². The average molecular weight is 153 g/mol. The van der Waals surface area contributed by atoms with E-state index in [1.165, 1.54) is 0 Å². The van der Waals surface area contributed by atoms with E-state index >= 15 is 0 Å². The van der Waals surface area contributed by atoms with Crippen molar-refractivity contribution in [2.45, 2.75) is 13.8 Å². The van der Waals surface area contributed by atoms with Crippen LogP contribution in [0.15, 0.2) is 29.0 Å². The molecule has 0 radical (unpaired) electrons. The number of allylic oxidation sites excluding steroid dienone is 3. The molecule has 2 heteroatoms. The van der Waals surface area contributed by atoms with Gasteiger partial charge in [0.05, 0.1) is 7.11 Å². The minimum Gasteiger partial charge on any atom is -0.497 e. The van der Waals surface area contributed by atoms with Gasteiger partial charge >= 0.3 is 0 Å². The van der Waals surface area contributed by atoms with E-state index in [9.17, 15) is 0 Å². The number of aliphatic imine (C=N–C) groups is 1. The summed E-state index contributed by atoms with van der Waals surface area (Å²) in [6.07, 6.45) is 7.40. The van der Waals surface area contributed by atoms with E-state index in [4.69, 9.17) is 4.74 Å². The van der Waals surface area contributed by atoms with Crippen molar-refractivity contribution in [3.8, 4) is 0 Å². The SMILES string of the molecule is C/C=C\C(=C/C=NCC)OC. The van der Waals surface area contributed by atoms with Crippen LogP contribution in [0.5, 0.6) is 0 Å². The fourth-order valence-electron chi connectivity index (χ4n) is 0.587. The molecule has 0 fully saturated rings. The maximum absolute atomic E-state index is 5.02. The van der Waals surface area contributed by atoms with Gasteiger partial charge in [-0.05, 0) is 26.0 Å². The Morgan fingerprint density at radius 1 is 1.55 bits per heavy atom. The van der Waals surface area contributed by atoms with Crippen LogP contribution in [0.25, 0.3) is 0 Å². The predicted octanol–water partition coefficient (Wildman–Crippen LogP) is 2.18. The normalized spacial score (nSPS) is 13.2. The van der Waals surface area contributed by atoms with Crippen LogP contribution in [0.3, 0.4) is 0 Å². The first-order valence-corrected chi connectivity index (χ1v) is 3.72. The number of hydrogen-bond acceptors (Lipinski definition) is 2. The summed E-state index contributed by atoms with van der Waals surface area (Å²) in [6, 6.07) is 0. The van der Waals surface area contributed by atoms with Gasteiger partial charge in [-0.3, -0.25) is 4.99 Å². The Labute approximate surface area is 68.3 Å². The summed E-state index contributed by atoms with van der Waals surface area (Å²) in [6.45, 7) is 4.75. The van der Waals surface area contributed by atoms with Gasteiger partial charge in [-0.25, -0.2) is 0 Å². The molecule has 0 saturated carbocycles. The summed E-state index contributed by atoms with van der Waals surface area (Å²) >= 11 is 0. The first kappa shape index (κ1) is 9.95. The highest BCUT2D eigenvalue weighted by Gasteiger charge is 1.82. The van der Waals surface area contributed by atoms with Crippen LogP contribution in [0.2, 0.25) is 0 Å². The van der Waals surface area contributed by atoms with Crippen molar-refractivity contribution in [1.29, 1.82) is 0 Å². The summed E-state index contributed by atoms with van der Waals surface area (Å²) in [5, 5.41) is 0. The van der Waals surface area contributed by atoms with Crippen LogP contribution in [0.1, 0.15) is 13.8 Å². The molecule has 0 aromatic heterocycles. The van der Waals surface area contributed by atoms with Crippen LogP contribution < -0.4 is 0 Å². The van der Waals surface area contributed by atoms with Crippen molar-refractivity contribution in [2.75, 3.05) is 13.7 Å². The molecule has 0 aliphatic heterocycles. The van der Waals surface area contributed by atoms with Gasteiger partial charge in [0.2, 0.25) is 0 Å². The minimum absolute atomic E-state index is 0.809. The van der Waals surface area contributed by atoms with Crippen LogP contribution in [0.4, 0.5) is 0 Å². The molecule has 62 valence electrons. The summed E-state index contributed by atoms with van der Waals surface area (Å²) in [4.78, 5) is 4.03. The highest BCUT2D eigenvalue weighted by Crippen LogP contribution is 1.94. The van der Waals surface area contributed by atoms with Crippen LogP contribution in [-0.4, -0.2) is 19.9 Å². The zero-order valence-corrected chi connectivity index (χ0v) is 7.37. The van der Waals surface area contributed by atoms with Gasteiger partial charge in [0, 0.05) is 12.8 Å². The van der Waals surface area contributed by atoms with Crippen molar-refractivity contribution < 1.29 is 4.74 Å². The molecule has 0 N–H and O–H groups in total. The highest BCUT2D eigenvalue weighted by atomic mass is 16.5. The maximum atomic E-state index is 5.02. The third-order valence-electron chi connectivity index (χ3n) is 1.09. The molecule has 0 rings (SSSR count). The highest BCUT2D eigenvalue weighted by molar-refractivity contribution is 5.72. The van der Waals surface area contributed by atoms with Crippen molar-refractivity contribution >= 4 is 6.21 Å². The fourth-order valence-corrected chi connectivity index (χ4v) is 0.587. The van der Waals surface area contributed by atoms with Crippen LogP contribution in [0, 0.1) is 0 Å². The van der Waals surface area contributed by atoms with Gasteiger partial charge in [0.1, 0.15) is 5.76 Å². The predicted molar refractivity (Wildman–Crippen MR) is 48.9 cm³/mol. The fraction of sp³-hybridized carbons (Fsp3) is 0.444. The molecule has 0 spiro atoms. The molecule has 0 aromatic rings. The van der Waals surface area contributed by atoms with Crippen molar-refractivity contribution in [3.05, 3.63) is 24.0 Å². The maximum Gasteiger partial charge on any atom is 0.120 e. The lowest BCUT2D eigenvalue weighted by atomic mass is 10.4. The lowest BCUT2D eigenvalue weighted by Gasteiger charge is -1.95. The van der Waals surface area contributed by atoms with E-state index in [0.29, 0.717) is 0 Å². The summed E-state index contributed by atoms with van der Waals surface area (Å²) < 4.78 is 5.02. The first-order chi connectivity index (χ1) is 5.35. The molecular weight excluding hydrogens is 138 g/mol. The number of rotatable bonds is 4. The third kappa shape index (κ3) is 5.40. The van der Waals surface area contributed by atoms with Gasteiger partial charge in [0.25, 0.3) is 0 Å². The molecule has 0 aliphatic carbocycles. The number of hydrogen-bond donors (Lipinski definition) is 0. The first-order valence-electron chi connectivity index (χ1n) is 3.72. The molecule has 11 heavy (non-hydrogen) atoms. The molecule has 0 bridgehead atoms. The van der Waals surface area contributed by atoms with E-state index in [0.717, 1.165) is 12.3 Å². The Kier molecular flexibility index (Phi) is 6.39. The lowest BCUT2D eigenvalue weighted by molar-refractivity contribution is 0.307. The molecule has 0 saturated heterocycles. The van der Waals surface area contributed by atoms with E-state index in [1.54, 1.807) is 13.3 Å². The number of methoxy groups -OCH3 is 1. The molecule has 2 nitrogen and oxygen atoms in total. The molecular formula is C9H15NO. The van der Waals surface area contributed by atoms with Gasteiger partial charge in [-0.2, -0.15) is 0 Å². The topological polar surface area (TPSA) is 21.6 Å². The molecule has 0 aliphatic rings. The Morgan fingerprint density at radius 2 is 2.27 bits per heavy atom. The Bertz CT molecular complexity index is 168. The van der Waals surface area contributed by atoms with Crippen LogP contribution in [-0.2, 0) is 4.74 Å². The second-order valence-corrected chi connectivity index (χ2v) is 1.92.